The van der Waals surface area contributed by atoms with Crippen molar-refractivity contribution in [1.29, 1.82) is 0 Å². The van der Waals surface area contributed by atoms with E-state index in [0.717, 1.165) is 17.7 Å². The van der Waals surface area contributed by atoms with Crippen LogP contribution in [0.3, 0.4) is 0 Å². The van der Waals surface area contributed by atoms with Gasteiger partial charge in [-0.2, -0.15) is 4.31 Å². The van der Waals surface area contributed by atoms with Crippen molar-refractivity contribution in [3.63, 3.8) is 0 Å². The lowest BCUT2D eigenvalue weighted by atomic mass is 10.1. The zero-order valence-electron chi connectivity index (χ0n) is 11.6. The molecule has 4 nitrogen and oxygen atoms in total. The van der Waals surface area contributed by atoms with Crippen LogP contribution >= 0.6 is 0 Å². The third-order valence-electron chi connectivity index (χ3n) is 2.91. The minimum Gasteiger partial charge on any atom is -0.313 e. The van der Waals surface area contributed by atoms with Crippen LogP contribution in [0, 0.1) is 19.3 Å². The van der Waals surface area contributed by atoms with Crippen LogP contribution in [0.4, 0.5) is 0 Å². The molecule has 0 saturated carbocycles. The minimum atomic E-state index is -3.50. The standard InChI is InChI=1S/C14H20N2O2S/c1-5-9-16(4)19(17,18)14-8-7-12(3)13(10-14)11-15-6-2/h1,7-8,10,15H,6,9,11H2,2-4H3. The molecule has 104 valence electrons. The normalized spacial score (nSPS) is 11.5. The van der Waals surface area contributed by atoms with Gasteiger partial charge >= 0.3 is 0 Å². The Morgan fingerprint density at radius 1 is 1.42 bits per heavy atom. The van der Waals surface area contributed by atoms with E-state index < -0.39 is 10.0 Å². The molecule has 0 aromatic heterocycles. The lowest BCUT2D eigenvalue weighted by Crippen LogP contribution is -2.27. The van der Waals surface area contributed by atoms with Gasteiger partial charge in [-0.15, -0.1) is 6.42 Å². The summed E-state index contributed by atoms with van der Waals surface area (Å²) in [5.74, 6) is 2.34. The largest absolute Gasteiger partial charge is 0.313 e. The number of aryl methyl sites for hydroxylation is 1. The molecule has 0 amide bonds. The fourth-order valence-electron chi connectivity index (χ4n) is 1.65. The number of nitrogens with one attached hydrogen (secondary N) is 1. The van der Waals surface area contributed by atoms with Crippen LogP contribution in [0.2, 0.25) is 0 Å². The van der Waals surface area contributed by atoms with Crippen LogP contribution in [0.5, 0.6) is 0 Å². The number of benzene rings is 1. The molecular weight excluding hydrogens is 260 g/mol. The lowest BCUT2D eigenvalue weighted by Gasteiger charge is -2.16. The van der Waals surface area contributed by atoms with Gasteiger partial charge < -0.3 is 5.32 Å². The SMILES string of the molecule is C#CCN(C)S(=O)(=O)c1ccc(C)c(CNCC)c1. The Balaban J connectivity index is 3.11. The molecule has 0 atom stereocenters. The molecular formula is C14H20N2O2S. The molecule has 1 rings (SSSR count). The number of rotatable bonds is 6. The summed E-state index contributed by atoms with van der Waals surface area (Å²) in [6.07, 6.45) is 5.16. The van der Waals surface area contributed by atoms with E-state index in [0.29, 0.717) is 6.54 Å². The van der Waals surface area contributed by atoms with Gasteiger partial charge in [-0.25, -0.2) is 8.42 Å². The molecule has 5 heteroatoms. The fourth-order valence-corrected chi connectivity index (χ4v) is 2.79. The second kappa shape index (κ2) is 6.71. The average molecular weight is 280 g/mol. The van der Waals surface area contributed by atoms with E-state index in [1.165, 1.54) is 11.4 Å². The highest BCUT2D eigenvalue weighted by Gasteiger charge is 2.20. The van der Waals surface area contributed by atoms with Gasteiger partial charge in [0.1, 0.15) is 0 Å². The maximum Gasteiger partial charge on any atom is 0.243 e. The average Bonchev–Trinajstić information content (AvgIpc) is 2.37. The van der Waals surface area contributed by atoms with Crippen LogP contribution in [0.1, 0.15) is 18.1 Å². The van der Waals surface area contributed by atoms with Gasteiger partial charge in [-0.1, -0.05) is 18.9 Å². The Hall–Kier alpha value is -1.35. The quantitative estimate of drug-likeness (QED) is 0.800. The second-order valence-corrected chi connectivity index (χ2v) is 6.38. The second-order valence-electron chi connectivity index (χ2n) is 4.33. The first-order valence-corrected chi connectivity index (χ1v) is 7.57. The molecule has 0 fully saturated rings. The fraction of sp³-hybridized carbons (Fsp3) is 0.429. The van der Waals surface area contributed by atoms with Crippen LogP contribution in [-0.4, -0.2) is 32.9 Å². The van der Waals surface area contributed by atoms with Crippen molar-refractivity contribution in [1.82, 2.24) is 9.62 Å². The first-order valence-electron chi connectivity index (χ1n) is 6.13. The molecule has 0 bridgehead atoms. The Morgan fingerprint density at radius 2 is 2.11 bits per heavy atom. The summed E-state index contributed by atoms with van der Waals surface area (Å²) < 4.78 is 25.7. The number of hydrogen-bond donors (Lipinski definition) is 1. The summed E-state index contributed by atoms with van der Waals surface area (Å²) in [6, 6.07) is 5.15. The molecule has 0 unspecified atom stereocenters. The maximum absolute atomic E-state index is 12.3. The van der Waals surface area contributed by atoms with Crippen molar-refractivity contribution >= 4 is 10.0 Å². The third kappa shape index (κ3) is 3.80. The van der Waals surface area contributed by atoms with Gasteiger partial charge in [-0.3, -0.25) is 0 Å². The van der Waals surface area contributed by atoms with Crippen molar-refractivity contribution in [2.45, 2.75) is 25.3 Å². The first kappa shape index (κ1) is 15.7. The molecule has 0 heterocycles. The Kier molecular flexibility index (Phi) is 5.55. The van der Waals surface area contributed by atoms with Crippen molar-refractivity contribution in [2.24, 2.45) is 0 Å². The number of sulfonamides is 1. The molecule has 1 aromatic carbocycles. The van der Waals surface area contributed by atoms with Crippen LogP contribution in [0.15, 0.2) is 23.1 Å². The number of hydrogen-bond acceptors (Lipinski definition) is 3. The number of terminal acetylenes is 1. The molecule has 0 aliphatic heterocycles. The molecule has 1 aromatic rings. The predicted molar refractivity (Wildman–Crippen MR) is 77.2 cm³/mol. The Morgan fingerprint density at radius 3 is 2.68 bits per heavy atom. The predicted octanol–water partition coefficient (Wildman–Crippen LogP) is 1.36. The van der Waals surface area contributed by atoms with Gasteiger partial charge in [0.15, 0.2) is 0 Å². The molecule has 19 heavy (non-hydrogen) atoms. The molecule has 0 aliphatic carbocycles. The van der Waals surface area contributed by atoms with Gasteiger partial charge in [0.2, 0.25) is 10.0 Å². The maximum atomic E-state index is 12.3. The van der Waals surface area contributed by atoms with Crippen molar-refractivity contribution in [3.05, 3.63) is 29.3 Å². The van der Waals surface area contributed by atoms with Crippen molar-refractivity contribution in [2.75, 3.05) is 20.1 Å². The van der Waals surface area contributed by atoms with Crippen molar-refractivity contribution < 1.29 is 8.42 Å². The number of nitrogens with zero attached hydrogens (tertiary/aromatic N) is 1. The van der Waals surface area contributed by atoms with E-state index >= 15 is 0 Å². The van der Waals surface area contributed by atoms with Gasteiger partial charge in [0.05, 0.1) is 11.4 Å². The Labute approximate surface area is 115 Å². The summed E-state index contributed by atoms with van der Waals surface area (Å²) >= 11 is 0. The van der Waals surface area contributed by atoms with Gasteiger partial charge in [0, 0.05) is 13.6 Å². The molecule has 0 spiro atoms. The molecule has 1 N–H and O–H groups in total. The van der Waals surface area contributed by atoms with E-state index in [1.807, 2.05) is 19.9 Å². The van der Waals surface area contributed by atoms with Gasteiger partial charge in [0.25, 0.3) is 0 Å². The van der Waals surface area contributed by atoms with Crippen LogP contribution in [0.25, 0.3) is 0 Å². The zero-order valence-corrected chi connectivity index (χ0v) is 12.4. The van der Waals surface area contributed by atoms with E-state index in [4.69, 9.17) is 6.42 Å². The summed E-state index contributed by atoms with van der Waals surface area (Å²) in [6.45, 7) is 5.54. The zero-order chi connectivity index (χ0) is 14.5. The first-order chi connectivity index (χ1) is 8.93. The van der Waals surface area contributed by atoms with E-state index in [9.17, 15) is 8.42 Å². The third-order valence-corrected chi connectivity index (χ3v) is 4.71. The van der Waals surface area contributed by atoms with E-state index in [2.05, 4.69) is 11.2 Å². The molecule has 0 saturated heterocycles. The van der Waals surface area contributed by atoms with Gasteiger partial charge in [-0.05, 0) is 36.7 Å². The lowest BCUT2D eigenvalue weighted by molar-refractivity contribution is 0.503. The van der Waals surface area contributed by atoms with Crippen LogP contribution < -0.4 is 5.32 Å². The molecule has 0 aliphatic rings. The summed E-state index contributed by atoms with van der Waals surface area (Å²) in [5.41, 5.74) is 2.05. The minimum absolute atomic E-state index is 0.0682. The smallest absolute Gasteiger partial charge is 0.243 e. The van der Waals surface area contributed by atoms with Crippen molar-refractivity contribution in [3.8, 4) is 12.3 Å². The van der Waals surface area contributed by atoms with Crippen LogP contribution in [-0.2, 0) is 16.6 Å². The Bertz CT molecular complexity index is 574. The topological polar surface area (TPSA) is 49.4 Å². The summed E-state index contributed by atoms with van der Waals surface area (Å²) in [7, 11) is -2.02. The van der Waals surface area contributed by atoms with E-state index in [1.54, 1.807) is 12.1 Å². The summed E-state index contributed by atoms with van der Waals surface area (Å²) in [4.78, 5) is 0.281. The highest BCUT2D eigenvalue weighted by molar-refractivity contribution is 7.89. The highest BCUT2D eigenvalue weighted by Crippen LogP contribution is 2.18. The highest BCUT2D eigenvalue weighted by atomic mass is 32.2. The summed E-state index contributed by atoms with van der Waals surface area (Å²) in [5, 5.41) is 3.20. The molecule has 0 radical (unpaired) electrons. The monoisotopic (exact) mass is 280 g/mol. The van der Waals surface area contributed by atoms with E-state index in [-0.39, 0.29) is 11.4 Å².